The average molecular weight is 259 g/mol. The molecule has 6 nitrogen and oxygen atoms in total. The molecule has 1 saturated heterocycles. The highest BCUT2D eigenvalue weighted by Gasteiger charge is 2.39. The Hall–Kier alpha value is -2.21. The standard InChI is InChI=1S/C13H13N3O3/c1-13(17)7-15(8-13)11-5-4-10-9(3-2-6-14-10)12(11)16(18)19/h2-6,17H,7-8H2,1H3. The number of rotatable bonds is 2. The van der Waals surface area contributed by atoms with Crippen LogP contribution in [0.3, 0.4) is 0 Å². The van der Waals surface area contributed by atoms with Crippen molar-refractivity contribution in [2.45, 2.75) is 12.5 Å². The van der Waals surface area contributed by atoms with Gasteiger partial charge < -0.3 is 10.0 Å². The number of fused-ring (bicyclic) bond motifs is 1. The molecule has 0 aliphatic carbocycles. The topological polar surface area (TPSA) is 79.5 Å². The summed E-state index contributed by atoms with van der Waals surface area (Å²) in [6, 6.07) is 6.85. The van der Waals surface area contributed by atoms with Crippen molar-refractivity contribution >= 4 is 22.3 Å². The second-order valence-corrected chi connectivity index (χ2v) is 5.11. The minimum Gasteiger partial charge on any atom is -0.386 e. The fourth-order valence-corrected chi connectivity index (χ4v) is 2.52. The van der Waals surface area contributed by atoms with Gasteiger partial charge >= 0.3 is 5.69 Å². The van der Waals surface area contributed by atoms with Crippen molar-refractivity contribution in [1.82, 2.24) is 4.98 Å². The van der Waals surface area contributed by atoms with Crippen molar-refractivity contribution < 1.29 is 10.0 Å². The number of aliphatic hydroxyl groups is 1. The van der Waals surface area contributed by atoms with E-state index >= 15 is 0 Å². The van der Waals surface area contributed by atoms with Crippen LogP contribution in [0.2, 0.25) is 0 Å². The number of hydrogen-bond donors (Lipinski definition) is 1. The molecule has 2 aromatic rings. The van der Waals surface area contributed by atoms with Crippen LogP contribution in [0, 0.1) is 10.1 Å². The van der Waals surface area contributed by atoms with Crippen LogP contribution in [0.25, 0.3) is 10.9 Å². The van der Waals surface area contributed by atoms with E-state index in [1.54, 1.807) is 37.4 Å². The Morgan fingerprint density at radius 1 is 1.42 bits per heavy atom. The first kappa shape index (κ1) is 11.9. The van der Waals surface area contributed by atoms with Gasteiger partial charge in [0.05, 0.1) is 21.4 Å². The summed E-state index contributed by atoms with van der Waals surface area (Å²) in [6.45, 7) is 2.52. The van der Waals surface area contributed by atoms with E-state index < -0.39 is 5.60 Å². The van der Waals surface area contributed by atoms with Crippen molar-refractivity contribution in [2.24, 2.45) is 0 Å². The number of benzene rings is 1. The first-order chi connectivity index (χ1) is 8.98. The van der Waals surface area contributed by atoms with Gasteiger partial charge in [-0.2, -0.15) is 0 Å². The molecule has 1 aliphatic heterocycles. The molecule has 2 heterocycles. The molecule has 98 valence electrons. The van der Waals surface area contributed by atoms with Gasteiger partial charge in [-0.25, -0.2) is 0 Å². The maximum atomic E-state index is 11.3. The monoisotopic (exact) mass is 259 g/mol. The van der Waals surface area contributed by atoms with Gasteiger partial charge in [-0.3, -0.25) is 15.1 Å². The Bertz CT molecular complexity index is 661. The number of anilines is 1. The third-order valence-corrected chi connectivity index (χ3v) is 3.32. The Morgan fingerprint density at radius 2 is 2.16 bits per heavy atom. The van der Waals surface area contributed by atoms with Crippen molar-refractivity contribution in [3.05, 3.63) is 40.6 Å². The van der Waals surface area contributed by atoms with E-state index in [-0.39, 0.29) is 10.6 Å². The molecule has 0 atom stereocenters. The Morgan fingerprint density at radius 3 is 2.79 bits per heavy atom. The van der Waals surface area contributed by atoms with E-state index in [9.17, 15) is 15.2 Å². The number of nitrogens with zero attached hydrogens (tertiary/aromatic N) is 3. The molecule has 0 saturated carbocycles. The highest BCUT2D eigenvalue weighted by atomic mass is 16.6. The fraction of sp³-hybridized carbons (Fsp3) is 0.308. The summed E-state index contributed by atoms with van der Waals surface area (Å²) in [5.41, 5.74) is 0.431. The normalized spacial score (nSPS) is 17.3. The molecule has 1 aromatic heterocycles. The number of nitro groups is 1. The molecule has 1 fully saturated rings. The lowest BCUT2D eigenvalue weighted by atomic mass is 9.95. The molecule has 1 N–H and O–H groups in total. The second-order valence-electron chi connectivity index (χ2n) is 5.11. The van der Waals surface area contributed by atoms with Crippen molar-refractivity contribution in [3.63, 3.8) is 0 Å². The van der Waals surface area contributed by atoms with E-state index in [0.717, 1.165) is 0 Å². The van der Waals surface area contributed by atoms with Crippen LogP contribution in [0.1, 0.15) is 6.92 Å². The number of hydrogen-bond acceptors (Lipinski definition) is 5. The van der Waals surface area contributed by atoms with Gasteiger partial charge in [-0.15, -0.1) is 0 Å². The highest BCUT2D eigenvalue weighted by Crippen LogP contribution is 2.38. The van der Waals surface area contributed by atoms with E-state index in [0.29, 0.717) is 29.7 Å². The van der Waals surface area contributed by atoms with Crippen molar-refractivity contribution in [3.8, 4) is 0 Å². The smallest absolute Gasteiger partial charge is 0.301 e. The van der Waals surface area contributed by atoms with E-state index in [1.165, 1.54) is 0 Å². The van der Waals surface area contributed by atoms with Crippen LogP contribution in [-0.2, 0) is 0 Å². The maximum absolute atomic E-state index is 11.3. The Kier molecular flexibility index (Phi) is 2.43. The summed E-state index contributed by atoms with van der Waals surface area (Å²) >= 11 is 0. The predicted octanol–water partition coefficient (Wildman–Crippen LogP) is 1.71. The SMILES string of the molecule is CC1(O)CN(c2ccc3ncccc3c2[N+](=O)[O-])C1. The average Bonchev–Trinajstić information content (AvgIpc) is 2.34. The number of pyridine rings is 1. The maximum Gasteiger partial charge on any atom is 0.301 e. The molecular formula is C13H13N3O3. The number of β-amino-alcohol motifs (C(OH)–C–C–N with tert-alkyl or cyclic N) is 1. The lowest BCUT2D eigenvalue weighted by Crippen LogP contribution is -2.60. The van der Waals surface area contributed by atoms with Crippen LogP contribution in [-0.4, -0.2) is 33.7 Å². The molecule has 1 aliphatic rings. The van der Waals surface area contributed by atoms with Gasteiger partial charge in [-0.05, 0) is 31.2 Å². The largest absolute Gasteiger partial charge is 0.386 e. The van der Waals surface area contributed by atoms with Gasteiger partial charge in [0.2, 0.25) is 0 Å². The summed E-state index contributed by atoms with van der Waals surface area (Å²) in [5, 5.41) is 21.6. The zero-order chi connectivity index (χ0) is 13.6. The molecular weight excluding hydrogens is 246 g/mol. The third-order valence-electron chi connectivity index (χ3n) is 3.32. The predicted molar refractivity (Wildman–Crippen MR) is 71.2 cm³/mol. The molecule has 0 amide bonds. The summed E-state index contributed by atoms with van der Waals surface area (Å²) in [6.07, 6.45) is 1.61. The van der Waals surface area contributed by atoms with Crippen LogP contribution < -0.4 is 4.90 Å². The van der Waals surface area contributed by atoms with Gasteiger partial charge in [0.15, 0.2) is 0 Å². The third kappa shape index (κ3) is 1.90. The molecule has 0 unspecified atom stereocenters. The Labute approximate surface area is 109 Å². The second kappa shape index (κ2) is 3.89. The first-order valence-electron chi connectivity index (χ1n) is 5.97. The van der Waals surface area contributed by atoms with Crippen LogP contribution in [0.4, 0.5) is 11.4 Å². The lowest BCUT2D eigenvalue weighted by Gasteiger charge is -2.45. The highest BCUT2D eigenvalue weighted by molar-refractivity contribution is 5.94. The van der Waals surface area contributed by atoms with E-state index in [4.69, 9.17) is 0 Å². The van der Waals surface area contributed by atoms with Gasteiger partial charge in [0, 0.05) is 19.3 Å². The van der Waals surface area contributed by atoms with Crippen LogP contribution in [0.5, 0.6) is 0 Å². The molecule has 0 bridgehead atoms. The van der Waals surface area contributed by atoms with E-state index in [2.05, 4.69) is 4.98 Å². The van der Waals surface area contributed by atoms with Crippen molar-refractivity contribution in [1.29, 1.82) is 0 Å². The van der Waals surface area contributed by atoms with Gasteiger partial charge in [-0.1, -0.05) is 0 Å². The fourth-order valence-electron chi connectivity index (χ4n) is 2.52. The van der Waals surface area contributed by atoms with Gasteiger partial charge in [0.1, 0.15) is 5.69 Å². The zero-order valence-electron chi connectivity index (χ0n) is 10.4. The minimum absolute atomic E-state index is 0.0566. The summed E-state index contributed by atoms with van der Waals surface area (Å²) in [4.78, 5) is 16.9. The summed E-state index contributed by atoms with van der Waals surface area (Å²) in [5.74, 6) is 0. The number of nitro benzene ring substituents is 1. The molecule has 1 aromatic carbocycles. The van der Waals surface area contributed by atoms with Gasteiger partial charge in [0.25, 0.3) is 0 Å². The molecule has 19 heavy (non-hydrogen) atoms. The first-order valence-corrected chi connectivity index (χ1v) is 5.97. The molecule has 0 spiro atoms. The van der Waals surface area contributed by atoms with E-state index in [1.807, 2.05) is 4.90 Å². The van der Waals surface area contributed by atoms with Crippen LogP contribution in [0.15, 0.2) is 30.5 Å². The van der Waals surface area contributed by atoms with Crippen LogP contribution >= 0.6 is 0 Å². The minimum atomic E-state index is -0.766. The summed E-state index contributed by atoms with van der Waals surface area (Å²) < 4.78 is 0. The number of aromatic nitrogens is 1. The molecule has 0 radical (unpaired) electrons. The quantitative estimate of drug-likeness (QED) is 0.656. The van der Waals surface area contributed by atoms with Crippen molar-refractivity contribution in [2.75, 3.05) is 18.0 Å². The Balaban J connectivity index is 2.15. The molecule has 3 rings (SSSR count). The zero-order valence-corrected chi connectivity index (χ0v) is 10.4. The summed E-state index contributed by atoms with van der Waals surface area (Å²) in [7, 11) is 0. The molecule has 6 heteroatoms. The lowest BCUT2D eigenvalue weighted by molar-refractivity contribution is -0.382.